The van der Waals surface area contributed by atoms with Gasteiger partial charge in [0.2, 0.25) is 11.6 Å². The van der Waals surface area contributed by atoms with E-state index in [1.54, 1.807) is 0 Å². The van der Waals surface area contributed by atoms with Crippen LogP contribution < -0.4 is 16.6 Å². The van der Waals surface area contributed by atoms with Crippen LogP contribution >= 0.6 is 0 Å². The molecule has 0 saturated heterocycles. The van der Waals surface area contributed by atoms with Crippen LogP contribution in [0.3, 0.4) is 0 Å². The lowest BCUT2D eigenvalue weighted by molar-refractivity contribution is -0.383. The minimum atomic E-state index is -0.516. The van der Waals surface area contributed by atoms with Crippen molar-refractivity contribution in [1.29, 1.82) is 0 Å². The summed E-state index contributed by atoms with van der Waals surface area (Å²) in [6.07, 6.45) is 6.80. The van der Waals surface area contributed by atoms with Crippen LogP contribution in [0.4, 0.5) is 17.3 Å². The van der Waals surface area contributed by atoms with Gasteiger partial charge in [0.05, 0.1) is 4.92 Å². The maximum absolute atomic E-state index is 11.2. The highest BCUT2D eigenvalue weighted by Crippen LogP contribution is 2.32. The van der Waals surface area contributed by atoms with E-state index in [4.69, 9.17) is 5.84 Å². The Morgan fingerprint density at radius 1 is 1.45 bits per heavy atom. The van der Waals surface area contributed by atoms with Gasteiger partial charge in [-0.2, -0.15) is 0 Å². The third-order valence-corrected chi connectivity index (χ3v) is 3.84. The number of nitrogen functional groups attached to an aromatic ring is 1. The summed E-state index contributed by atoms with van der Waals surface area (Å²) in [4.78, 5) is 18.4. The van der Waals surface area contributed by atoms with Crippen molar-refractivity contribution in [2.24, 2.45) is 11.8 Å². The third-order valence-electron chi connectivity index (χ3n) is 3.84. The lowest BCUT2D eigenvalue weighted by atomic mass is 9.84. The van der Waals surface area contributed by atoms with Gasteiger partial charge in [-0.25, -0.2) is 15.8 Å². The largest absolute Gasteiger partial charge is 0.361 e. The molecule has 1 aromatic heterocycles. The van der Waals surface area contributed by atoms with Gasteiger partial charge in [-0.15, -0.1) is 0 Å². The molecule has 2 atom stereocenters. The van der Waals surface area contributed by atoms with Crippen molar-refractivity contribution in [1.82, 2.24) is 9.97 Å². The quantitative estimate of drug-likeness (QED) is 0.429. The second-order valence-corrected chi connectivity index (χ2v) is 5.10. The molecule has 8 nitrogen and oxygen atoms in total. The summed E-state index contributed by atoms with van der Waals surface area (Å²) in [7, 11) is 0. The number of nitro groups is 1. The first-order valence-corrected chi connectivity index (χ1v) is 6.88. The van der Waals surface area contributed by atoms with E-state index in [0.717, 1.165) is 25.7 Å². The van der Waals surface area contributed by atoms with Gasteiger partial charge in [-0.3, -0.25) is 10.1 Å². The highest BCUT2D eigenvalue weighted by molar-refractivity contribution is 5.69. The molecule has 1 aliphatic rings. The minimum absolute atomic E-state index is 0.0235. The topological polar surface area (TPSA) is 119 Å². The molecular formula is C12H20N6O2. The number of hydrogen-bond acceptors (Lipinski definition) is 7. The Kier molecular flexibility index (Phi) is 4.67. The summed E-state index contributed by atoms with van der Waals surface area (Å²) < 4.78 is 0. The standard InChI is InChI=1S/C12H20N6O2/c1-2-8-4-3-5-9(6-8)16-11-10(18(19)20)12(17-13)15-7-14-11/h7-9H,2-6,13H2,1H3,(H2,14,15,16,17). The predicted molar refractivity (Wildman–Crippen MR) is 76.2 cm³/mol. The van der Waals surface area contributed by atoms with E-state index < -0.39 is 4.92 Å². The number of nitrogens with two attached hydrogens (primary N) is 1. The SMILES string of the molecule is CCC1CCCC(Nc2ncnc(NN)c2[N+](=O)[O-])C1. The Labute approximate surface area is 117 Å². The summed E-state index contributed by atoms with van der Waals surface area (Å²) >= 11 is 0. The Balaban J connectivity index is 2.18. The molecule has 8 heteroatoms. The van der Waals surface area contributed by atoms with E-state index >= 15 is 0 Å². The summed E-state index contributed by atoms with van der Waals surface area (Å²) in [5.74, 6) is 6.20. The maximum Gasteiger partial charge on any atom is 0.354 e. The number of rotatable bonds is 5. The van der Waals surface area contributed by atoms with Gasteiger partial charge in [0.1, 0.15) is 6.33 Å². The smallest absolute Gasteiger partial charge is 0.354 e. The van der Waals surface area contributed by atoms with E-state index in [-0.39, 0.29) is 23.4 Å². The van der Waals surface area contributed by atoms with Crippen molar-refractivity contribution in [2.75, 3.05) is 10.7 Å². The molecule has 0 aromatic carbocycles. The monoisotopic (exact) mass is 280 g/mol. The van der Waals surface area contributed by atoms with E-state index in [1.165, 1.54) is 12.7 Å². The Hall–Kier alpha value is -1.96. The number of nitrogens with one attached hydrogen (secondary N) is 2. The molecular weight excluding hydrogens is 260 g/mol. The van der Waals surface area contributed by atoms with Crippen LogP contribution in [0.25, 0.3) is 0 Å². The van der Waals surface area contributed by atoms with Gasteiger partial charge in [0, 0.05) is 6.04 Å². The maximum atomic E-state index is 11.2. The molecule has 0 amide bonds. The minimum Gasteiger partial charge on any atom is -0.361 e. The fourth-order valence-corrected chi connectivity index (χ4v) is 2.75. The molecule has 20 heavy (non-hydrogen) atoms. The number of aromatic nitrogens is 2. The highest BCUT2D eigenvalue weighted by atomic mass is 16.6. The summed E-state index contributed by atoms with van der Waals surface area (Å²) in [6, 6.07) is 0.216. The Morgan fingerprint density at radius 3 is 2.85 bits per heavy atom. The predicted octanol–water partition coefficient (Wildman–Crippen LogP) is 2.05. The van der Waals surface area contributed by atoms with Crippen molar-refractivity contribution in [3.63, 3.8) is 0 Å². The molecule has 0 radical (unpaired) electrons. The molecule has 1 fully saturated rings. The lowest BCUT2D eigenvalue weighted by Crippen LogP contribution is -2.28. The average Bonchev–Trinajstić information content (AvgIpc) is 2.46. The van der Waals surface area contributed by atoms with Gasteiger partial charge in [0.15, 0.2) is 0 Å². The Bertz CT molecular complexity index is 481. The average molecular weight is 280 g/mol. The van der Waals surface area contributed by atoms with E-state index in [0.29, 0.717) is 5.92 Å². The zero-order valence-corrected chi connectivity index (χ0v) is 11.5. The molecule has 0 spiro atoms. The molecule has 0 aliphatic heterocycles. The van der Waals surface area contributed by atoms with Crippen LogP contribution in [0, 0.1) is 16.0 Å². The van der Waals surface area contributed by atoms with Gasteiger partial charge in [0.25, 0.3) is 0 Å². The fraction of sp³-hybridized carbons (Fsp3) is 0.667. The number of hydrazine groups is 1. The van der Waals surface area contributed by atoms with Gasteiger partial charge >= 0.3 is 5.69 Å². The van der Waals surface area contributed by atoms with Crippen molar-refractivity contribution in [3.8, 4) is 0 Å². The van der Waals surface area contributed by atoms with Crippen LogP contribution in [0.5, 0.6) is 0 Å². The first-order chi connectivity index (χ1) is 9.65. The molecule has 2 rings (SSSR count). The number of hydrogen-bond donors (Lipinski definition) is 3. The Morgan fingerprint density at radius 2 is 2.20 bits per heavy atom. The summed E-state index contributed by atoms with van der Waals surface area (Å²) in [5.41, 5.74) is 2.04. The summed E-state index contributed by atoms with van der Waals surface area (Å²) in [5, 5.41) is 14.3. The first-order valence-electron chi connectivity index (χ1n) is 6.88. The lowest BCUT2D eigenvalue weighted by Gasteiger charge is -2.29. The highest BCUT2D eigenvalue weighted by Gasteiger charge is 2.27. The number of nitrogens with zero attached hydrogens (tertiary/aromatic N) is 3. The molecule has 1 heterocycles. The van der Waals surface area contributed by atoms with Gasteiger partial charge < -0.3 is 10.7 Å². The normalized spacial score (nSPS) is 22.3. The van der Waals surface area contributed by atoms with Crippen LogP contribution in [0.15, 0.2) is 6.33 Å². The molecule has 1 aliphatic carbocycles. The fourth-order valence-electron chi connectivity index (χ4n) is 2.75. The molecule has 110 valence electrons. The van der Waals surface area contributed by atoms with E-state index in [1.807, 2.05) is 0 Å². The second-order valence-electron chi connectivity index (χ2n) is 5.10. The van der Waals surface area contributed by atoms with Crippen LogP contribution in [0.1, 0.15) is 39.0 Å². The van der Waals surface area contributed by atoms with Crippen molar-refractivity contribution >= 4 is 17.3 Å². The van der Waals surface area contributed by atoms with E-state index in [9.17, 15) is 10.1 Å². The summed E-state index contributed by atoms with van der Waals surface area (Å²) in [6.45, 7) is 2.18. The zero-order valence-electron chi connectivity index (χ0n) is 11.5. The van der Waals surface area contributed by atoms with Crippen molar-refractivity contribution in [3.05, 3.63) is 16.4 Å². The van der Waals surface area contributed by atoms with Crippen molar-refractivity contribution < 1.29 is 4.92 Å². The molecule has 0 bridgehead atoms. The van der Waals surface area contributed by atoms with Crippen LogP contribution in [-0.4, -0.2) is 20.9 Å². The molecule has 4 N–H and O–H groups in total. The van der Waals surface area contributed by atoms with Crippen LogP contribution in [0.2, 0.25) is 0 Å². The molecule has 1 aromatic rings. The second kappa shape index (κ2) is 6.47. The van der Waals surface area contributed by atoms with Gasteiger partial charge in [-0.05, 0) is 18.8 Å². The van der Waals surface area contributed by atoms with E-state index in [2.05, 4.69) is 27.6 Å². The molecule has 2 unspecified atom stereocenters. The van der Waals surface area contributed by atoms with Gasteiger partial charge in [-0.1, -0.05) is 26.2 Å². The molecule has 1 saturated carbocycles. The third kappa shape index (κ3) is 3.13. The first kappa shape index (κ1) is 14.4. The van der Waals surface area contributed by atoms with Crippen molar-refractivity contribution in [2.45, 2.75) is 45.1 Å². The number of anilines is 2. The zero-order chi connectivity index (χ0) is 14.5. The van der Waals surface area contributed by atoms with Crippen LogP contribution in [-0.2, 0) is 0 Å².